The van der Waals surface area contributed by atoms with E-state index >= 15 is 0 Å². The minimum atomic E-state index is -0.642. The number of benzene rings is 3. The van der Waals surface area contributed by atoms with Crippen LogP contribution in [0.1, 0.15) is 43.7 Å². The molecule has 0 saturated carbocycles. The average Bonchev–Trinajstić information content (AvgIpc) is 3.46. The van der Waals surface area contributed by atoms with Gasteiger partial charge in [-0.2, -0.15) is 0 Å². The second kappa shape index (κ2) is 9.26. The second-order valence-corrected chi connectivity index (χ2v) is 7.72. The van der Waals surface area contributed by atoms with Gasteiger partial charge >= 0.3 is 5.97 Å². The summed E-state index contributed by atoms with van der Waals surface area (Å²) < 4.78 is 16.2. The number of hydrogen-bond acceptors (Lipinski definition) is 7. The Labute approximate surface area is 200 Å². The van der Waals surface area contributed by atoms with E-state index in [2.05, 4.69) is 4.98 Å². The van der Waals surface area contributed by atoms with E-state index in [1.54, 1.807) is 24.3 Å². The summed E-state index contributed by atoms with van der Waals surface area (Å²) in [5.41, 5.74) is 2.21. The lowest BCUT2D eigenvalue weighted by Crippen LogP contribution is -2.29. The molecule has 8 nitrogen and oxygen atoms in total. The number of fused-ring (bicyclic) bond motifs is 1. The van der Waals surface area contributed by atoms with Crippen molar-refractivity contribution in [3.05, 3.63) is 101 Å². The van der Waals surface area contributed by atoms with E-state index in [4.69, 9.17) is 13.9 Å². The monoisotopic (exact) mass is 468 g/mol. The first-order valence-electron chi connectivity index (χ1n) is 11.0. The van der Waals surface area contributed by atoms with Crippen LogP contribution in [0.2, 0.25) is 0 Å². The fourth-order valence-electron chi connectivity index (χ4n) is 3.77. The molecule has 174 valence electrons. The van der Waals surface area contributed by atoms with Crippen molar-refractivity contribution < 1.29 is 28.3 Å². The molecule has 0 atom stereocenters. The number of rotatable bonds is 7. The maximum absolute atomic E-state index is 13.0. The first kappa shape index (κ1) is 22.1. The predicted octanol–water partition coefficient (Wildman–Crippen LogP) is 4.90. The normalized spacial score (nSPS) is 12.5. The highest BCUT2D eigenvalue weighted by atomic mass is 16.5. The van der Waals surface area contributed by atoms with Crippen LogP contribution in [0.4, 0.5) is 5.69 Å². The van der Waals surface area contributed by atoms with Crippen molar-refractivity contribution in [1.82, 2.24) is 4.98 Å². The Balaban J connectivity index is 1.29. The second-order valence-electron chi connectivity index (χ2n) is 7.72. The molecule has 0 N–H and O–H groups in total. The lowest BCUT2D eigenvalue weighted by Gasteiger charge is -2.14. The van der Waals surface area contributed by atoms with E-state index in [0.29, 0.717) is 29.6 Å². The van der Waals surface area contributed by atoms with Crippen LogP contribution in [-0.2, 0) is 11.3 Å². The van der Waals surface area contributed by atoms with Gasteiger partial charge in [0.2, 0.25) is 5.89 Å². The summed E-state index contributed by atoms with van der Waals surface area (Å²) in [4.78, 5) is 43.9. The van der Waals surface area contributed by atoms with Crippen LogP contribution in [0.3, 0.4) is 0 Å². The summed E-state index contributed by atoms with van der Waals surface area (Å²) in [6.45, 7) is 2.28. The highest BCUT2D eigenvalue weighted by Crippen LogP contribution is 2.30. The summed E-state index contributed by atoms with van der Waals surface area (Å²) >= 11 is 0. The first-order valence-corrected chi connectivity index (χ1v) is 11.0. The van der Waals surface area contributed by atoms with Gasteiger partial charge in [0, 0.05) is 5.56 Å². The molecule has 0 saturated heterocycles. The smallest absolute Gasteiger partial charge is 0.338 e. The zero-order valence-electron chi connectivity index (χ0n) is 18.8. The molecule has 8 heteroatoms. The number of amides is 2. The number of carbonyl (C=O) groups is 3. The van der Waals surface area contributed by atoms with E-state index in [9.17, 15) is 14.4 Å². The predicted molar refractivity (Wildman–Crippen MR) is 126 cm³/mol. The molecule has 5 rings (SSSR count). The Morgan fingerprint density at radius 3 is 2.43 bits per heavy atom. The Bertz CT molecular complexity index is 1410. The van der Waals surface area contributed by atoms with Crippen LogP contribution in [0.5, 0.6) is 5.75 Å². The van der Waals surface area contributed by atoms with Gasteiger partial charge in [0.05, 0.1) is 29.0 Å². The van der Waals surface area contributed by atoms with Crippen molar-refractivity contribution in [2.24, 2.45) is 0 Å². The number of carbonyl (C=O) groups excluding carboxylic acids is 3. The number of ether oxygens (including phenoxy) is 2. The van der Waals surface area contributed by atoms with Crippen molar-refractivity contribution >= 4 is 23.5 Å². The van der Waals surface area contributed by atoms with Gasteiger partial charge in [-0.1, -0.05) is 18.2 Å². The van der Waals surface area contributed by atoms with Crippen molar-refractivity contribution in [2.45, 2.75) is 13.5 Å². The molecular formula is C27H20N2O6. The molecule has 4 aromatic rings. The van der Waals surface area contributed by atoms with Crippen LogP contribution >= 0.6 is 0 Å². The maximum Gasteiger partial charge on any atom is 0.338 e. The number of aromatic nitrogens is 1. The third kappa shape index (κ3) is 4.29. The Kier molecular flexibility index (Phi) is 5.85. The van der Waals surface area contributed by atoms with Crippen LogP contribution in [-0.4, -0.2) is 29.4 Å². The van der Waals surface area contributed by atoms with Gasteiger partial charge in [0.15, 0.2) is 0 Å². The molecule has 0 radical (unpaired) electrons. The van der Waals surface area contributed by atoms with E-state index < -0.39 is 17.8 Å². The topological polar surface area (TPSA) is 98.9 Å². The summed E-state index contributed by atoms with van der Waals surface area (Å²) in [7, 11) is 0. The van der Waals surface area contributed by atoms with Crippen LogP contribution in [0.15, 0.2) is 83.5 Å². The lowest BCUT2D eigenvalue weighted by atomic mass is 10.1. The molecule has 35 heavy (non-hydrogen) atoms. The zero-order valence-corrected chi connectivity index (χ0v) is 18.8. The molecule has 2 heterocycles. The van der Waals surface area contributed by atoms with E-state index in [1.807, 2.05) is 37.3 Å². The molecule has 0 aliphatic carbocycles. The first-order chi connectivity index (χ1) is 17.0. The van der Waals surface area contributed by atoms with Crippen LogP contribution in [0, 0.1) is 0 Å². The standard InChI is InChI=1S/C27H20N2O6/c1-2-33-21-11-9-20(10-12-21)29-25(30)22-13-8-18(14-23(22)26(29)31)27(32)35-16-19-15-34-24(28-19)17-6-4-3-5-7-17/h3-15H,2,16H2,1H3. The molecule has 1 aliphatic heterocycles. The van der Waals surface area contributed by atoms with Crippen LogP contribution < -0.4 is 9.64 Å². The molecule has 3 aromatic carbocycles. The lowest BCUT2D eigenvalue weighted by molar-refractivity contribution is 0.0467. The van der Waals surface area contributed by atoms with E-state index in [-0.39, 0.29) is 23.3 Å². The van der Waals surface area contributed by atoms with Crippen LogP contribution in [0.25, 0.3) is 11.5 Å². The highest BCUT2D eigenvalue weighted by molar-refractivity contribution is 6.34. The third-order valence-corrected chi connectivity index (χ3v) is 5.45. The SMILES string of the molecule is CCOc1ccc(N2C(=O)c3ccc(C(=O)OCc4coc(-c5ccccc5)n4)cc3C2=O)cc1. The van der Waals surface area contributed by atoms with Crippen molar-refractivity contribution in [1.29, 1.82) is 0 Å². The van der Waals surface area contributed by atoms with E-state index in [0.717, 1.165) is 10.5 Å². The van der Waals surface area contributed by atoms with Gasteiger partial charge in [-0.25, -0.2) is 14.7 Å². The Hall–Kier alpha value is -4.72. The Morgan fingerprint density at radius 1 is 0.943 bits per heavy atom. The summed E-state index contributed by atoms with van der Waals surface area (Å²) in [6.07, 6.45) is 1.43. The molecule has 0 unspecified atom stereocenters. The summed E-state index contributed by atoms with van der Waals surface area (Å²) in [5, 5.41) is 0. The number of hydrogen-bond donors (Lipinski definition) is 0. The molecular weight excluding hydrogens is 448 g/mol. The van der Waals surface area contributed by atoms with Gasteiger partial charge < -0.3 is 13.9 Å². The van der Waals surface area contributed by atoms with Crippen molar-refractivity contribution in [3.63, 3.8) is 0 Å². The van der Waals surface area contributed by atoms with E-state index in [1.165, 1.54) is 24.5 Å². The molecule has 2 amide bonds. The van der Waals surface area contributed by atoms with Gasteiger partial charge in [-0.05, 0) is 61.5 Å². The Morgan fingerprint density at radius 2 is 1.69 bits per heavy atom. The molecule has 1 aliphatic rings. The van der Waals surface area contributed by atoms with Gasteiger partial charge in [0.1, 0.15) is 24.3 Å². The molecule has 0 bridgehead atoms. The zero-order chi connectivity index (χ0) is 24.4. The quantitative estimate of drug-likeness (QED) is 0.281. The maximum atomic E-state index is 13.0. The number of anilines is 1. The minimum Gasteiger partial charge on any atom is -0.494 e. The molecule has 1 aromatic heterocycles. The van der Waals surface area contributed by atoms with Gasteiger partial charge in [0.25, 0.3) is 11.8 Å². The molecule has 0 fully saturated rings. The number of oxazole rings is 1. The minimum absolute atomic E-state index is 0.0998. The summed E-state index contributed by atoms with van der Waals surface area (Å²) in [6, 6.07) is 20.3. The number of imide groups is 1. The third-order valence-electron chi connectivity index (χ3n) is 5.45. The summed E-state index contributed by atoms with van der Waals surface area (Å²) in [5.74, 6) is -0.539. The fraction of sp³-hybridized carbons (Fsp3) is 0.111. The van der Waals surface area contributed by atoms with Gasteiger partial charge in [-0.15, -0.1) is 0 Å². The number of nitrogens with zero attached hydrogens (tertiary/aromatic N) is 2. The highest BCUT2D eigenvalue weighted by Gasteiger charge is 2.37. The van der Waals surface area contributed by atoms with Crippen molar-refractivity contribution in [3.8, 4) is 17.2 Å². The average molecular weight is 468 g/mol. The fourth-order valence-corrected chi connectivity index (χ4v) is 3.77. The van der Waals surface area contributed by atoms with Gasteiger partial charge in [-0.3, -0.25) is 9.59 Å². The number of esters is 1. The largest absolute Gasteiger partial charge is 0.494 e. The molecule has 0 spiro atoms. The van der Waals surface area contributed by atoms with Crippen molar-refractivity contribution in [2.75, 3.05) is 11.5 Å².